The lowest BCUT2D eigenvalue weighted by Crippen LogP contribution is -2.62. The van der Waals surface area contributed by atoms with Crippen molar-refractivity contribution in [2.24, 2.45) is 5.92 Å². The number of anilines is 1. The Hall–Kier alpha value is -3.09. The molecule has 2 atom stereocenters. The molecule has 8 nitrogen and oxygen atoms in total. The fourth-order valence-corrected chi connectivity index (χ4v) is 3.74. The van der Waals surface area contributed by atoms with Gasteiger partial charge in [0.25, 0.3) is 0 Å². The molecule has 1 fully saturated rings. The molecule has 9 heteroatoms. The van der Waals surface area contributed by atoms with Gasteiger partial charge >= 0.3 is 0 Å². The third-order valence-corrected chi connectivity index (χ3v) is 5.99. The number of hydrogen-bond donors (Lipinski definition) is 3. The number of piperazine rings is 1. The van der Waals surface area contributed by atoms with Gasteiger partial charge in [0.2, 0.25) is 0 Å². The van der Waals surface area contributed by atoms with E-state index in [4.69, 9.17) is 0 Å². The second-order valence-corrected chi connectivity index (χ2v) is 8.11. The summed E-state index contributed by atoms with van der Waals surface area (Å²) in [5.41, 5.74) is 0.185. The van der Waals surface area contributed by atoms with Crippen LogP contribution in [0.2, 0.25) is 0 Å². The Morgan fingerprint density at radius 3 is 3.00 bits per heavy atom. The molecule has 0 aromatic carbocycles. The number of fused-ring (bicyclic) bond motifs is 1. The highest BCUT2D eigenvalue weighted by atomic mass is 19.1. The van der Waals surface area contributed by atoms with E-state index in [9.17, 15) is 14.8 Å². The first-order valence-corrected chi connectivity index (χ1v) is 9.93. The smallest absolute Gasteiger partial charge is 0.181 e. The Morgan fingerprint density at radius 2 is 2.27 bits per heavy atom. The minimum atomic E-state index is -0.945. The second kappa shape index (κ2) is 7.63. The number of nitrogens with zero attached hydrogens (tertiary/aromatic N) is 5. The largest absolute Gasteiger partial charge is 0.388 e. The molecule has 0 radical (unpaired) electrons. The van der Waals surface area contributed by atoms with Crippen LogP contribution in [0.4, 0.5) is 10.2 Å². The Morgan fingerprint density at radius 1 is 1.47 bits per heavy atom. The molecule has 0 saturated carbocycles. The molecule has 1 aliphatic rings. The minimum Gasteiger partial charge on any atom is -0.388 e. The van der Waals surface area contributed by atoms with Gasteiger partial charge in [-0.1, -0.05) is 13.8 Å². The van der Waals surface area contributed by atoms with Crippen LogP contribution in [0.3, 0.4) is 0 Å². The van der Waals surface area contributed by atoms with E-state index in [0.717, 1.165) is 0 Å². The predicted octanol–water partition coefficient (Wildman–Crippen LogP) is 2.71. The van der Waals surface area contributed by atoms with E-state index in [0.29, 0.717) is 42.2 Å². The first kappa shape index (κ1) is 20.2. The summed E-state index contributed by atoms with van der Waals surface area (Å²) in [6.45, 7) is 7.38. The first-order chi connectivity index (χ1) is 14.3. The van der Waals surface area contributed by atoms with Gasteiger partial charge in [-0.15, -0.1) is 0 Å². The number of aliphatic hydroxyl groups is 1. The Balaban J connectivity index is 0.00000181. The fraction of sp³-hybridized carbons (Fsp3) is 0.429. The molecule has 3 aromatic heterocycles. The number of rotatable bonds is 4. The number of H-pyrrole nitrogens is 1. The monoisotopic (exact) mass is 413 g/mol. The third-order valence-electron chi connectivity index (χ3n) is 5.99. The minimum absolute atomic E-state index is 0. The number of hydrogen-bond acceptors (Lipinski definition) is 7. The zero-order valence-electron chi connectivity index (χ0n) is 17.1. The van der Waals surface area contributed by atoms with Crippen LogP contribution < -0.4 is 10.2 Å². The SMILES string of the molecule is CC(C)[C@@](C)(O)[C@@H]1CN(c2nc(-c3[nH]nc4ncccc34)c(F)cc2C#N)CCN1.[HH].[HH]. The number of nitriles is 1. The van der Waals surface area contributed by atoms with Gasteiger partial charge in [0.1, 0.15) is 17.6 Å². The normalized spacial score (nSPS) is 19.1. The van der Waals surface area contributed by atoms with Gasteiger partial charge in [-0.05, 0) is 31.0 Å². The van der Waals surface area contributed by atoms with Crippen molar-refractivity contribution in [3.8, 4) is 17.5 Å². The van der Waals surface area contributed by atoms with Crippen LogP contribution in [-0.4, -0.2) is 56.5 Å². The van der Waals surface area contributed by atoms with Gasteiger partial charge in [0.15, 0.2) is 11.5 Å². The van der Waals surface area contributed by atoms with Gasteiger partial charge in [-0.2, -0.15) is 10.4 Å². The highest BCUT2D eigenvalue weighted by molar-refractivity contribution is 5.90. The molecular formula is C21H28FN7O. The zero-order chi connectivity index (χ0) is 21.5. The van der Waals surface area contributed by atoms with Crippen LogP contribution in [0.25, 0.3) is 22.4 Å². The average molecular weight is 414 g/mol. The Kier molecular flexibility index (Phi) is 5.13. The maximum absolute atomic E-state index is 14.9. The summed E-state index contributed by atoms with van der Waals surface area (Å²) >= 11 is 0. The van der Waals surface area contributed by atoms with Crippen LogP contribution in [0.1, 0.15) is 29.2 Å². The maximum atomic E-state index is 14.9. The zero-order valence-corrected chi connectivity index (χ0v) is 17.1. The van der Waals surface area contributed by atoms with Crippen LogP contribution in [0.5, 0.6) is 0 Å². The highest BCUT2D eigenvalue weighted by Crippen LogP contribution is 2.31. The predicted molar refractivity (Wildman–Crippen MR) is 115 cm³/mol. The van der Waals surface area contributed by atoms with Crippen molar-refractivity contribution in [3.05, 3.63) is 35.8 Å². The van der Waals surface area contributed by atoms with E-state index in [1.54, 1.807) is 25.3 Å². The summed E-state index contributed by atoms with van der Waals surface area (Å²) in [6, 6.07) is 6.59. The van der Waals surface area contributed by atoms with Gasteiger partial charge in [0.05, 0.1) is 22.9 Å². The molecule has 0 unspecified atom stereocenters. The molecule has 3 N–H and O–H groups in total. The second-order valence-electron chi connectivity index (χ2n) is 8.11. The fourth-order valence-electron chi connectivity index (χ4n) is 3.74. The third kappa shape index (κ3) is 3.38. The molecule has 0 amide bonds. The van der Waals surface area contributed by atoms with Gasteiger partial charge in [-0.25, -0.2) is 14.4 Å². The molecule has 160 valence electrons. The number of aromatic amines is 1. The van der Waals surface area contributed by atoms with Gasteiger partial charge in [-0.3, -0.25) is 5.10 Å². The lowest BCUT2D eigenvalue weighted by atomic mass is 9.84. The number of pyridine rings is 2. The molecule has 4 heterocycles. The maximum Gasteiger partial charge on any atom is 0.181 e. The summed E-state index contributed by atoms with van der Waals surface area (Å²) in [4.78, 5) is 10.6. The van der Waals surface area contributed by atoms with E-state index < -0.39 is 11.4 Å². The van der Waals surface area contributed by atoms with E-state index >= 15 is 0 Å². The van der Waals surface area contributed by atoms with Crippen molar-refractivity contribution in [1.29, 1.82) is 5.26 Å². The van der Waals surface area contributed by atoms with E-state index in [1.807, 2.05) is 18.7 Å². The molecule has 0 spiro atoms. The topological polar surface area (TPSA) is 114 Å². The van der Waals surface area contributed by atoms with Crippen molar-refractivity contribution in [2.45, 2.75) is 32.4 Å². The summed E-state index contributed by atoms with van der Waals surface area (Å²) in [5, 5.41) is 31.5. The van der Waals surface area contributed by atoms with Crippen molar-refractivity contribution in [1.82, 2.24) is 25.5 Å². The number of aromatic nitrogens is 4. The Bertz CT molecular complexity index is 1130. The lowest BCUT2D eigenvalue weighted by Gasteiger charge is -2.43. The lowest BCUT2D eigenvalue weighted by molar-refractivity contribution is -0.0231. The van der Waals surface area contributed by atoms with E-state index in [1.165, 1.54) is 6.07 Å². The molecule has 1 aliphatic heterocycles. The van der Waals surface area contributed by atoms with Crippen LogP contribution >= 0.6 is 0 Å². The summed E-state index contributed by atoms with van der Waals surface area (Å²) in [7, 11) is 0. The van der Waals surface area contributed by atoms with Crippen molar-refractivity contribution in [2.75, 3.05) is 24.5 Å². The standard InChI is InChI=1S/C21H24FN7O.2H2/c1-12(2)21(3,30)16-11-29(8-7-24-16)20-13(10-23)9-15(22)18(26-20)17-14-5-4-6-25-19(14)28-27-17;;/h4-6,9,12,16,24,30H,7-8,11H2,1-3H3,(H,25,27,28);2*1H/t16-,21+;;/m0../s1. The average Bonchev–Trinajstić information content (AvgIpc) is 3.17. The Labute approximate surface area is 176 Å². The number of nitrogens with one attached hydrogen (secondary N) is 2. The summed E-state index contributed by atoms with van der Waals surface area (Å²) < 4.78 is 14.9. The molecule has 0 bridgehead atoms. The first-order valence-electron chi connectivity index (χ1n) is 9.93. The molecule has 30 heavy (non-hydrogen) atoms. The highest BCUT2D eigenvalue weighted by Gasteiger charge is 2.38. The van der Waals surface area contributed by atoms with Gasteiger partial charge < -0.3 is 15.3 Å². The van der Waals surface area contributed by atoms with Crippen LogP contribution in [-0.2, 0) is 0 Å². The van der Waals surface area contributed by atoms with Crippen LogP contribution in [0, 0.1) is 23.1 Å². The molecule has 1 saturated heterocycles. The molecular weight excluding hydrogens is 385 g/mol. The van der Waals surface area contributed by atoms with Crippen molar-refractivity contribution in [3.63, 3.8) is 0 Å². The quantitative estimate of drug-likeness (QED) is 0.602. The van der Waals surface area contributed by atoms with Gasteiger partial charge in [0, 0.05) is 34.1 Å². The van der Waals surface area contributed by atoms with Crippen molar-refractivity contribution >= 4 is 16.9 Å². The van der Waals surface area contributed by atoms with Crippen molar-refractivity contribution < 1.29 is 12.4 Å². The van der Waals surface area contributed by atoms with Crippen LogP contribution in [0.15, 0.2) is 24.4 Å². The summed E-state index contributed by atoms with van der Waals surface area (Å²) in [5.74, 6) is -0.178. The summed E-state index contributed by atoms with van der Waals surface area (Å²) in [6.07, 6.45) is 1.61. The molecule has 4 rings (SSSR count). The number of halogens is 1. The van der Waals surface area contributed by atoms with E-state index in [2.05, 4.69) is 31.6 Å². The molecule has 3 aromatic rings. The molecule has 0 aliphatic carbocycles. The van der Waals surface area contributed by atoms with E-state index in [-0.39, 0.29) is 26.1 Å².